The van der Waals surface area contributed by atoms with Crippen molar-refractivity contribution < 1.29 is 19.1 Å². The molecule has 1 aromatic heterocycles. The fourth-order valence-electron chi connectivity index (χ4n) is 2.75. The Morgan fingerprint density at radius 2 is 2.30 bits per heavy atom. The minimum atomic E-state index is -0.846. The molecule has 2 heterocycles. The van der Waals surface area contributed by atoms with Gasteiger partial charge in [-0.2, -0.15) is 0 Å². The second-order valence-electron chi connectivity index (χ2n) is 5.41. The Morgan fingerprint density at radius 3 is 3.04 bits per heavy atom. The molecule has 7 heteroatoms. The minimum absolute atomic E-state index is 0.0668. The van der Waals surface area contributed by atoms with Gasteiger partial charge in [-0.1, -0.05) is 13.0 Å². The van der Waals surface area contributed by atoms with Gasteiger partial charge in [-0.25, -0.2) is 9.78 Å². The topological polar surface area (TPSA) is 68.7 Å². The van der Waals surface area contributed by atoms with Crippen molar-refractivity contribution in [2.45, 2.75) is 25.5 Å². The number of amides is 1. The first-order chi connectivity index (χ1) is 11.1. The molecule has 2 atom stereocenters. The number of hydrogen-bond donors (Lipinski definition) is 0. The summed E-state index contributed by atoms with van der Waals surface area (Å²) in [5.41, 5.74) is 3.59. The van der Waals surface area contributed by atoms with E-state index >= 15 is 0 Å². The van der Waals surface area contributed by atoms with E-state index < -0.39 is 11.9 Å². The lowest BCUT2D eigenvalue weighted by atomic mass is 10.0. The number of aromatic nitrogens is 1. The molecule has 0 spiro atoms. The fourth-order valence-corrected chi connectivity index (χ4v) is 3.41. The van der Waals surface area contributed by atoms with Crippen molar-refractivity contribution >= 4 is 33.4 Å². The number of carbonyl (C=O) groups excluding carboxylic acids is 2. The number of morpholine rings is 1. The lowest BCUT2D eigenvalue weighted by Gasteiger charge is -2.39. The van der Waals surface area contributed by atoms with Crippen molar-refractivity contribution in [2.24, 2.45) is 0 Å². The number of esters is 1. The smallest absolute Gasteiger partial charge is 0.396 e. The third-order valence-electron chi connectivity index (χ3n) is 4.08. The van der Waals surface area contributed by atoms with Crippen LogP contribution < -0.4 is 0 Å². The van der Waals surface area contributed by atoms with Crippen molar-refractivity contribution in [1.82, 2.24) is 9.88 Å². The molecule has 6 nitrogen and oxygen atoms in total. The van der Waals surface area contributed by atoms with E-state index in [1.54, 1.807) is 21.7 Å². The molecule has 1 fully saturated rings. The standard InChI is InChI=1S/C16H18N2O4S/c1-3-11-7-18(15(19)16(20)21-2)13(8-22-11)10-4-5-14-12(6-10)17-9-23-14/h4-6,9,11,13H,3,7-8H2,1-2H3. The summed E-state index contributed by atoms with van der Waals surface area (Å²) in [5.74, 6) is -1.47. The molecular weight excluding hydrogens is 316 g/mol. The van der Waals surface area contributed by atoms with Crippen LogP contribution in [0.1, 0.15) is 24.9 Å². The zero-order valence-electron chi connectivity index (χ0n) is 13.0. The highest BCUT2D eigenvalue weighted by Gasteiger charge is 2.36. The third-order valence-corrected chi connectivity index (χ3v) is 4.89. The number of benzene rings is 1. The maximum Gasteiger partial charge on any atom is 0.396 e. The molecule has 0 aliphatic carbocycles. The zero-order valence-corrected chi connectivity index (χ0v) is 13.8. The minimum Gasteiger partial charge on any atom is -0.462 e. The summed E-state index contributed by atoms with van der Waals surface area (Å²) >= 11 is 1.57. The molecule has 0 N–H and O–H groups in total. The van der Waals surface area contributed by atoms with Crippen LogP contribution in [0.15, 0.2) is 23.7 Å². The summed E-state index contributed by atoms with van der Waals surface area (Å²) < 4.78 is 11.5. The number of ether oxygens (including phenoxy) is 2. The van der Waals surface area contributed by atoms with Gasteiger partial charge in [0.1, 0.15) is 0 Å². The Kier molecular flexibility index (Phi) is 4.58. The van der Waals surface area contributed by atoms with Gasteiger partial charge < -0.3 is 14.4 Å². The summed E-state index contributed by atoms with van der Waals surface area (Å²) in [6.07, 6.45) is 0.714. The second kappa shape index (κ2) is 6.64. The molecule has 1 aliphatic rings. The van der Waals surface area contributed by atoms with Gasteiger partial charge in [-0.15, -0.1) is 11.3 Å². The normalized spacial score (nSPS) is 21.4. The van der Waals surface area contributed by atoms with Crippen molar-refractivity contribution in [3.63, 3.8) is 0 Å². The number of fused-ring (bicyclic) bond motifs is 1. The molecule has 3 rings (SSSR count). The van der Waals surface area contributed by atoms with Gasteiger partial charge >= 0.3 is 11.9 Å². The summed E-state index contributed by atoms with van der Waals surface area (Å²) in [7, 11) is 1.22. The number of rotatable bonds is 2. The van der Waals surface area contributed by atoms with E-state index in [-0.39, 0.29) is 12.1 Å². The SMILES string of the molecule is CCC1CN(C(=O)C(=O)OC)C(c2ccc3scnc3c2)CO1. The Morgan fingerprint density at radius 1 is 1.48 bits per heavy atom. The first kappa shape index (κ1) is 15.9. The molecule has 1 aromatic carbocycles. The Bertz CT molecular complexity index is 730. The predicted molar refractivity (Wildman–Crippen MR) is 86.1 cm³/mol. The van der Waals surface area contributed by atoms with Crippen LogP contribution in [0.25, 0.3) is 10.2 Å². The van der Waals surface area contributed by atoms with Crippen molar-refractivity contribution in [3.05, 3.63) is 29.3 Å². The summed E-state index contributed by atoms with van der Waals surface area (Å²) in [6.45, 7) is 2.73. The van der Waals surface area contributed by atoms with Gasteiger partial charge in [0.25, 0.3) is 0 Å². The monoisotopic (exact) mass is 334 g/mol. The zero-order chi connectivity index (χ0) is 16.4. The summed E-state index contributed by atoms with van der Waals surface area (Å²) in [4.78, 5) is 29.9. The van der Waals surface area contributed by atoms with Crippen LogP contribution in [0.4, 0.5) is 0 Å². The van der Waals surface area contributed by atoms with E-state index in [9.17, 15) is 9.59 Å². The lowest BCUT2D eigenvalue weighted by Crippen LogP contribution is -2.50. The van der Waals surface area contributed by atoms with Gasteiger partial charge in [0.2, 0.25) is 0 Å². The molecule has 122 valence electrons. The molecular formula is C16H18N2O4S. The molecule has 23 heavy (non-hydrogen) atoms. The Balaban J connectivity index is 1.93. The van der Waals surface area contributed by atoms with Gasteiger partial charge in [0.15, 0.2) is 0 Å². The lowest BCUT2D eigenvalue weighted by molar-refractivity contribution is -0.165. The highest BCUT2D eigenvalue weighted by Crippen LogP contribution is 2.30. The van der Waals surface area contributed by atoms with E-state index in [1.807, 2.05) is 25.1 Å². The number of nitrogens with zero attached hydrogens (tertiary/aromatic N) is 2. The number of carbonyl (C=O) groups is 2. The van der Waals surface area contributed by atoms with Crippen LogP contribution in [0.3, 0.4) is 0 Å². The fraction of sp³-hybridized carbons (Fsp3) is 0.438. The maximum absolute atomic E-state index is 12.4. The molecule has 1 amide bonds. The first-order valence-electron chi connectivity index (χ1n) is 7.47. The molecule has 0 bridgehead atoms. The molecule has 1 saturated heterocycles. The molecule has 0 radical (unpaired) electrons. The van der Waals surface area contributed by atoms with E-state index in [0.29, 0.717) is 13.2 Å². The number of thiazole rings is 1. The average Bonchev–Trinajstić information content (AvgIpc) is 3.07. The van der Waals surface area contributed by atoms with E-state index in [4.69, 9.17) is 4.74 Å². The van der Waals surface area contributed by atoms with Crippen molar-refractivity contribution in [1.29, 1.82) is 0 Å². The highest BCUT2D eigenvalue weighted by atomic mass is 32.1. The maximum atomic E-state index is 12.4. The van der Waals surface area contributed by atoms with Crippen LogP contribution >= 0.6 is 11.3 Å². The number of hydrogen-bond acceptors (Lipinski definition) is 6. The molecule has 2 aromatic rings. The van der Waals surface area contributed by atoms with Crippen LogP contribution in [-0.4, -0.2) is 48.1 Å². The van der Waals surface area contributed by atoms with E-state index in [0.717, 1.165) is 22.2 Å². The van der Waals surface area contributed by atoms with Crippen molar-refractivity contribution in [2.75, 3.05) is 20.3 Å². The largest absolute Gasteiger partial charge is 0.462 e. The summed E-state index contributed by atoms with van der Waals surface area (Å²) in [5, 5.41) is 0. The Hall–Kier alpha value is -1.99. The predicted octanol–water partition coefficient (Wildman–Crippen LogP) is 2.15. The van der Waals surface area contributed by atoms with Crippen LogP contribution in [0.2, 0.25) is 0 Å². The van der Waals surface area contributed by atoms with Crippen LogP contribution in [-0.2, 0) is 19.1 Å². The summed E-state index contributed by atoms with van der Waals surface area (Å²) in [6, 6.07) is 5.58. The van der Waals surface area contributed by atoms with E-state index in [2.05, 4.69) is 9.72 Å². The van der Waals surface area contributed by atoms with E-state index in [1.165, 1.54) is 7.11 Å². The van der Waals surface area contributed by atoms with Gasteiger partial charge in [-0.05, 0) is 24.1 Å². The van der Waals surface area contributed by atoms with Crippen LogP contribution in [0, 0.1) is 0 Å². The quantitative estimate of drug-likeness (QED) is 0.622. The number of methoxy groups -OCH3 is 1. The van der Waals surface area contributed by atoms with Crippen molar-refractivity contribution in [3.8, 4) is 0 Å². The first-order valence-corrected chi connectivity index (χ1v) is 8.35. The third kappa shape index (κ3) is 3.07. The van der Waals surface area contributed by atoms with Crippen LogP contribution in [0.5, 0.6) is 0 Å². The molecule has 2 unspecified atom stereocenters. The highest BCUT2D eigenvalue weighted by molar-refractivity contribution is 7.16. The average molecular weight is 334 g/mol. The van der Waals surface area contributed by atoms with Gasteiger partial charge in [-0.3, -0.25) is 4.79 Å². The Labute approximate surface area is 138 Å². The second-order valence-corrected chi connectivity index (χ2v) is 6.29. The van der Waals surface area contributed by atoms with Gasteiger partial charge in [0, 0.05) is 6.54 Å². The van der Waals surface area contributed by atoms with Gasteiger partial charge in [0.05, 0.1) is 41.6 Å². The molecule has 0 saturated carbocycles. The molecule has 1 aliphatic heterocycles.